The Hall–Kier alpha value is -1.65. The fourth-order valence-corrected chi connectivity index (χ4v) is 1.83. The topological polar surface area (TPSA) is 55.2 Å². The zero-order chi connectivity index (χ0) is 12.6. The van der Waals surface area contributed by atoms with Gasteiger partial charge in [0.2, 0.25) is 0 Å². The molecular weight excluding hydrogens is 223 g/mol. The van der Waals surface area contributed by atoms with Crippen LogP contribution in [0, 0.1) is 21.3 Å². The van der Waals surface area contributed by atoms with Gasteiger partial charge in [-0.05, 0) is 31.2 Å². The Labute approximate surface area is 99.0 Å². The molecule has 0 radical (unpaired) electrons. The van der Waals surface area contributed by atoms with Crippen molar-refractivity contribution in [2.24, 2.45) is 5.41 Å². The molecule has 1 atom stereocenters. The Balaban J connectivity index is 2.28. The number of rotatable bonds is 4. The van der Waals surface area contributed by atoms with Gasteiger partial charge in [0.1, 0.15) is 5.69 Å². The summed E-state index contributed by atoms with van der Waals surface area (Å²) in [6, 6.07) is 3.92. The molecule has 0 amide bonds. The quantitative estimate of drug-likeness (QED) is 0.646. The second-order valence-electron chi connectivity index (χ2n) is 4.91. The Morgan fingerprint density at radius 2 is 2.18 bits per heavy atom. The zero-order valence-corrected chi connectivity index (χ0v) is 9.87. The summed E-state index contributed by atoms with van der Waals surface area (Å²) >= 11 is 0. The molecule has 1 aliphatic carbocycles. The summed E-state index contributed by atoms with van der Waals surface area (Å²) in [4.78, 5) is 10.3. The summed E-state index contributed by atoms with van der Waals surface area (Å²) in [7, 11) is 0. The van der Waals surface area contributed by atoms with Crippen molar-refractivity contribution in [1.82, 2.24) is 0 Å². The van der Waals surface area contributed by atoms with Gasteiger partial charge in [0.15, 0.2) is 5.82 Å². The summed E-state index contributed by atoms with van der Waals surface area (Å²) in [5.41, 5.74) is -0.0740. The fraction of sp³-hybridized carbons (Fsp3) is 0.500. The Morgan fingerprint density at radius 1 is 1.53 bits per heavy atom. The number of para-hydroxylation sites is 1. The summed E-state index contributed by atoms with van der Waals surface area (Å²) < 4.78 is 13.6. The molecule has 17 heavy (non-hydrogen) atoms. The second-order valence-corrected chi connectivity index (χ2v) is 4.91. The van der Waals surface area contributed by atoms with E-state index in [1.54, 1.807) is 0 Å². The molecule has 0 aliphatic heterocycles. The first kappa shape index (κ1) is 11.8. The first-order valence-electron chi connectivity index (χ1n) is 5.63. The molecule has 0 bridgehead atoms. The smallest absolute Gasteiger partial charge is 0.295 e. The third-order valence-electron chi connectivity index (χ3n) is 3.63. The molecule has 5 heteroatoms. The van der Waals surface area contributed by atoms with Gasteiger partial charge in [-0.2, -0.15) is 0 Å². The van der Waals surface area contributed by atoms with Gasteiger partial charge in [0.05, 0.1) is 4.92 Å². The van der Waals surface area contributed by atoms with Crippen LogP contribution in [-0.2, 0) is 0 Å². The summed E-state index contributed by atoms with van der Waals surface area (Å²) in [5, 5.41) is 13.8. The van der Waals surface area contributed by atoms with E-state index in [-0.39, 0.29) is 22.8 Å². The molecule has 1 N–H and O–H groups in total. The Kier molecular flexibility index (Phi) is 2.77. The van der Waals surface area contributed by atoms with Gasteiger partial charge in [-0.1, -0.05) is 13.0 Å². The van der Waals surface area contributed by atoms with E-state index < -0.39 is 10.7 Å². The number of nitro groups is 1. The van der Waals surface area contributed by atoms with Crippen molar-refractivity contribution in [2.45, 2.75) is 32.7 Å². The maximum atomic E-state index is 13.6. The highest BCUT2D eigenvalue weighted by Gasteiger charge is 2.43. The van der Waals surface area contributed by atoms with Gasteiger partial charge in [-0.25, -0.2) is 4.39 Å². The van der Waals surface area contributed by atoms with Crippen LogP contribution >= 0.6 is 0 Å². The summed E-state index contributed by atoms with van der Waals surface area (Å²) in [6.07, 6.45) is 2.15. The SMILES string of the molecule is CC(Nc1c(F)cccc1[N+](=O)[O-])C1(C)CC1. The maximum Gasteiger partial charge on any atom is 0.295 e. The van der Waals surface area contributed by atoms with Crippen LogP contribution in [0.5, 0.6) is 0 Å². The average molecular weight is 238 g/mol. The second kappa shape index (κ2) is 3.98. The molecule has 1 saturated carbocycles. The van der Waals surface area contributed by atoms with Crippen molar-refractivity contribution >= 4 is 11.4 Å². The van der Waals surface area contributed by atoms with Crippen LogP contribution in [0.1, 0.15) is 26.7 Å². The fourth-order valence-electron chi connectivity index (χ4n) is 1.83. The Morgan fingerprint density at radius 3 is 2.71 bits per heavy atom. The zero-order valence-electron chi connectivity index (χ0n) is 9.87. The molecule has 0 heterocycles. The van der Waals surface area contributed by atoms with Gasteiger partial charge in [0.25, 0.3) is 5.69 Å². The van der Waals surface area contributed by atoms with E-state index in [4.69, 9.17) is 0 Å². The molecule has 0 aromatic heterocycles. The number of anilines is 1. The largest absolute Gasteiger partial charge is 0.374 e. The normalized spacial score (nSPS) is 18.5. The molecule has 0 spiro atoms. The first-order chi connectivity index (χ1) is 7.94. The molecular formula is C12H15FN2O2. The van der Waals surface area contributed by atoms with Gasteiger partial charge >= 0.3 is 0 Å². The first-order valence-corrected chi connectivity index (χ1v) is 5.63. The number of nitrogens with zero attached hydrogens (tertiary/aromatic N) is 1. The van der Waals surface area contributed by atoms with Crippen LogP contribution in [-0.4, -0.2) is 11.0 Å². The third-order valence-corrected chi connectivity index (χ3v) is 3.63. The van der Waals surface area contributed by atoms with Crippen molar-refractivity contribution in [3.8, 4) is 0 Å². The van der Waals surface area contributed by atoms with Crippen LogP contribution in [0.4, 0.5) is 15.8 Å². The van der Waals surface area contributed by atoms with E-state index in [1.165, 1.54) is 18.2 Å². The van der Waals surface area contributed by atoms with E-state index in [1.807, 2.05) is 6.92 Å². The molecule has 92 valence electrons. The molecule has 1 fully saturated rings. The highest BCUT2D eigenvalue weighted by molar-refractivity contribution is 5.62. The lowest BCUT2D eigenvalue weighted by Crippen LogP contribution is -2.25. The molecule has 1 aromatic rings. The maximum absolute atomic E-state index is 13.6. The highest BCUT2D eigenvalue weighted by Crippen LogP contribution is 2.49. The Bertz CT molecular complexity index is 458. The summed E-state index contributed by atoms with van der Waals surface area (Å²) in [6.45, 7) is 4.03. The van der Waals surface area contributed by atoms with E-state index >= 15 is 0 Å². The molecule has 1 aliphatic rings. The van der Waals surface area contributed by atoms with Crippen LogP contribution in [0.2, 0.25) is 0 Å². The van der Waals surface area contributed by atoms with Crippen LogP contribution in [0.25, 0.3) is 0 Å². The minimum absolute atomic E-state index is 0.00174. The number of halogens is 1. The average Bonchev–Trinajstić information content (AvgIpc) is 3.00. The van der Waals surface area contributed by atoms with Gasteiger partial charge in [0, 0.05) is 12.1 Å². The van der Waals surface area contributed by atoms with Crippen molar-refractivity contribution in [2.75, 3.05) is 5.32 Å². The molecule has 4 nitrogen and oxygen atoms in total. The van der Waals surface area contributed by atoms with E-state index in [9.17, 15) is 14.5 Å². The molecule has 1 unspecified atom stereocenters. The van der Waals surface area contributed by atoms with Crippen molar-refractivity contribution in [3.63, 3.8) is 0 Å². The van der Waals surface area contributed by atoms with Gasteiger partial charge in [-0.3, -0.25) is 10.1 Å². The number of nitrogens with one attached hydrogen (secondary N) is 1. The minimum Gasteiger partial charge on any atom is -0.374 e. The van der Waals surface area contributed by atoms with Crippen molar-refractivity contribution in [3.05, 3.63) is 34.1 Å². The van der Waals surface area contributed by atoms with E-state index in [0.29, 0.717) is 0 Å². The van der Waals surface area contributed by atoms with E-state index in [2.05, 4.69) is 12.2 Å². The molecule has 1 aromatic carbocycles. The third kappa shape index (κ3) is 2.23. The predicted molar refractivity (Wildman–Crippen MR) is 63.5 cm³/mol. The molecule has 2 rings (SSSR count). The van der Waals surface area contributed by atoms with Crippen LogP contribution in [0.15, 0.2) is 18.2 Å². The lowest BCUT2D eigenvalue weighted by Gasteiger charge is -2.21. The lowest BCUT2D eigenvalue weighted by atomic mass is 10.0. The lowest BCUT2D eigenvalue weighted by molar-refractivity contribution is -0.384. The molecule has 0 saturated heterocycles. The van der Waals surface area contributed by atoms with Gasteiger partial charge < -0.3 is 5.32 Å². The van der Waals surface area contributed by atoms with Crippen molar-refractivity contribution < 1.29 is 9.31 Å². The number of hydrogen-bond donors (Lipinski definition) is 1. The standard InChI is InChI=1S/C12H15FN2O2/c1-8(12(2)6-7-12)14-11-9(13)4-3-5-10(11)15(16)17/h3-5,8,14H,6-7H2,1-2H3. The highest BCUT2D eigenvalue weighted by atomic mass is 19.1. The van der Waals surface area contributed by atoms with Crippen molar-refractivity contribution in [1.29, 1.82) is 0 Å². The number of hydrogen-bond acceptors (Lipinski definition) is 3. The minimum atomic E-state index is -0.574. The monoisotopic (exact) mass is 238 g/mol. The van der Waals surface area contributed by atoms with Crippen LogP contribution in [0.3, 0.4) is 0 Å². The number of benzene rings is 1. The van der Waals surface area contributed by atoms with Crippen LogP contribution < -0.4 is 5.32 Å². The summed E-state index contributed by atoms with van der Waals surface area (Å²) in [5.74, 6) is -0.574. The number of nitro benzene ring substituents is 1. The van der Waals surface area contributed by atoms with E-state index in [0.717, 1.165) is 12.8 Å². The van der Waals surface area contributed by atoms with Gasteiger partial charge in [-0.15, -0.1) is 0 Å². The predicted octanol–water partition coefficient (Wildman–Crippen LogP) is 3.33.